The fraction of sp³-hybridized carbons (Fsp3) is 0.100. The number of carbonyl (C=O) groups excluding carboxylic acids is 1. The smallest absolute Gasteiger partial charge is 0.284 e. The molecule has 0 radical (unpaired) electrons. The Hall–Kier alpha value is -4.17. The number of benzene rings is 2. The number of carbonyl (C=O) groups is 1. The van der Waals surface area contributed by atoms with Gasteiger partial charge in [0.1, 0.15) is 6.33 Å². The molecule has 0 atom stereocenters. The van der Waals surface area contributed by atoms with Crippen LogP contribution in [0.3, 0.4) is 0 Å². The fourth-order valence-electron chi connectivity index (χ4n) is 2.95. The largest absolute Gasteiger partial charge is 0.311 e. The standard InChI is InChI=1S/C20H15N7O5S2/c1-11-3-4-12(7-15(11)26(29)30)14-9-33-19(22-14)23-18(28)13-5-6-17(16(8-13)27(31)32)34-20-24-21-10-25(20)2/h3-10H,1-2H3,(H,22,23,28). The van der Waals surface area contributed by atoms with Crippen LogP contribution < -0.4 is 5.32 Å². The van der Waals surface area contributed by atoms with Crippen molar-refractivity contribution in [1.82, 2.24) is 19.7 Å². The first kappa shape index (κ1) is 23.0. The van der Waals surface area contributed by atoms with Gasteiger partial charge in [0.05, 0.1) is 20.4 Å². The summed E-state index contributed by atoms with van der Waals surface area (Å²) in [6.07, 6.45) is 1.48. The first-order chi connectivity index (χ1) is 16.2. The van der Waals surface area contributed by atoms with Crippen molar-refractivity contribution < 1.29 is 14.6 Å². The van der Waals surface area contributed by atoms with Gasteiger partial charge in [-0.3, -0.25) is 30.3 Å². The van der Waals surface area contributed by atoms with E-state index in [4.69, 9.17) is 0 Å². The lowest BCUT2D eigenvalue weighted by Gasteiger charge is -2.06. The van der Waals surface area contributed by atoms with Crippen molar-refractivity contribution in [3.63, 3.8) is 0 Å². The van der Waals surface area contributed by atoms with Crippen LogP contribution in [0, 0.1) is 27.2 Å². The van der Waals surface area contributed by atoms with E-state index >= 15 is 0 Å². The van der Waals surface area contributed by atoms with Gasteiger partial charge >= 0.3 is 0 Å². The SMILES string of the molecule is Cc1ccc(-c2csc(NC(=O)c3ccc(Sc4nncn4C)c([N+](=O)[O-])c3)n2)cc1[N+](=O)[O-]. The van der Waals surface area contributed by atoms with E-state index in [-0.39, 0.29) is 22.1 Å². The van der Waals surface area contributed by atoms with Gasteiger partial charge in [0.2, 0.25) is 0 Å². The Bertz CT molecular complexity index is 1430. The number of thiazole rings is 1. The second-order valence-electron chi connectivity index (χ2n) is 7.02. The summed E-state index contributed by atoms with van der Waals surface area (Å²) in [7, 11) is 1.72. The molecule has 1 N–H and O–H groups in total. The van der Waals surface area contributed by atoms with E-state index in [9.17, 15) is 25.0 Å². The zero-order valence-corrected chi connectivity index (χ0v) is 19.3. The Morgan fingerprint density at radius 1 is 1.12 bits per heavy atom. The first-order valence-corrected chi connectivity index (χ1v) is 11.2. The second-order valence-corrected chi connectivity index (χ2v) is 8.88. The maximum atomic E-state index is 12.7. The van der Waals surface area contributed by atoms with Gasteiger partial charge < -0.3 is 4.57 Å². The third-order valence-corrected chi connectivity index (χ3v) is 6.59. The van der Waals surface area contributed by atoms with Crippen LogP contribution >= 0.6 is 23.1 Å². The molecule has 0 bridgehead atoms. The van der Waals surface area contributed by atoms with Gasteiger partial charge in [-0.25, -0.2) is 4.98 Å². The van der Waals surface area contributed by atoms with Crippen molar-refractivity contribution in [3.05, 3.63) is 79.5 Å². The van der Waals surface area contributed by atoms with E-state index in [2.05, 4.69) is 20.5 Å². The van der Waals surface area contributed by atoms with Crippen LogP contribution in [-0.2, 0) is 7.05 Å². The molecule has 4 aromatic rings. The van der Waals surface area contributed by atoms with Crippen LogP contribution in [0.5, 0.6) is 0 Å². The van der Waals surface area contributed by atoms with E-state index < -0.39 is 15.8 Å². The molecule has 0 saturated carbocycles. The van der Waals surface area contributed by atoms with E-state index in [1.54, 1.807) is 36.1 Å². The maximum absolute atomic E-state index is 12.7. The second kappa shape index (κ2) is 9.36. The summed E-state index contributed by atoms with van der Waals surface area (Å²) in [4.78, 5) is 39.1. The lowest BCUT2D eigenvalue weighted by Crippen LogP contribution is -2.12. The fourth-order valence-corrected chi connectivity index (χ4v) is 4.51. The Morgan fingerprint density at radius 2 is 1.88 bits per heavy atom. The van der Waals surface area contributed by atoms with Crippen molar-refractivity contribution in [2.45, 2.75) is 17.0 Å². The van der Waals surface area contributed by atoms with Crippen LogP contribution in [0.1, 0.15) is 15.9 Å². The molecule has 14 heteroatoms. The number of rotatable bonds is 7. The highest BCUT2D eigenvalue weighted by Gasteiger charge is 2.21. The number of hydrogen-bond acceptors (Lipinski definition) is 10. The lowest BCUT2D eigenvalue weighted by atomic mass is 10.1. The molecule has 0 spiro atoms. The van der Waals surface area contributed by atoms with Gasteiger partial charge in [0, 0.05) is 41.3 Å². The highest BCUT2D eigenvalue weighted by molar-refractivity contribution is 7.99. The number of anilines is 1. The molecule has 0 fully saturated rings. The summed E-state index contributed by atoms with van der Waals surface area (Å²) >= 11 is 2.20. The highest BCUT2D eigenvalue weighted by Crippen LogP contribution is 2.34. The molecule has 2 aromatic carbocycles. The summed E-state index contributed by atoms with van der Waals surface area (Å²) in [6, 6.07) is 8.90. The molecular weight excluding hydrogens is 482 g/mol. The van der Waals surface area contributed by atoms with Crippen molar-refractivity contribution in [3.8, 4) is 11.3 Å². The summed E-state index contributed by atoms with van der Waals surface area (Å²) in [5.74, 6) is -0.575. The number of hydrogen-bond donors (Lipinski definition) is 1. The van der Waals surface area contributed by atoms with Crippen LogP contribution in [0.4, 0.5) is 16.5 Å². The van der Waals surface area contributed by atoms with Crippen molar-refractivity contribution >= 4 is 45.5 Å². The van der Waals surface area contributed by atoms with Gasteiger partial charge in [0.15, 0.2) is 10.3 Å². The normalized spacial score (nSPS) is 10.8. The Morgan fingerprint density at radius 3 is 2.56 bits per heavy atom. The van der Waals surface area contributed by atoms with E-state index in [1.807, 2.05) is 0 Å². The Labute approximate surface area is 200 Å². The molecule has 0 aliphatic carbocycles. The molecular formula is C20H15N7O5S2. The Balaban J connectivity index is 1.54. The number of nitrogens with zero attached hydrogens (tertiary/aromatic N) is 6. The van der Waals surface area contributed by atoms with E-state index in [1.165, 1.54) is 30.6 Å². The van der Waals surface area contributed by atoms with Gasteiger partial charge in [-0.15, -0.1) is 21.5 Å². The van der Waals surface area contributed by atoms with Gasteiger partial charge in [0.25, 0.3) is 17.3 Å². The van der Waals surface area contributed by atoms with Crippen LogP contribution in [-0.4, -0.2) is 35.5 Å². The maximum Gasteiger partial charge on any atom is 0.284 e. The number of nitrogens with one attached hydrogen (secondary N) is 1. The molecule has 2 aromatic heterocycles. The van der Waals surface area contributed by atoms with E-state index in [0.717, 1.165) is 23.1 Å². The zero-order chi connectivity index (χ0) is 24.4. The third-order valence-electron chi connectivity index (χ3n) is 4.72. The van der Waals surface area contributed by atoms with E-state index in [0.29, 0.717) is 26.9 Å². The zero-order valence-electron chi connectivity index (χ0n) is 17.7. The van der Waals surface area contributed by atoms with Crippen LogP contribution in [0.25, 0.3) is 11.3 Å². The number of aromatic nitrogens is 4. The lowest BCUT2D eigenvalue weighted by molar-refractivity contribution is -0.387. The quantitative estimate of drug-likeness (QED) is 0.287. The summed E-state index contributed by atoms with van der Waals surface area (Å²) < 4.78 is 1.62. The van der Waals surface area contributed by atoms with Gasteiger partial charge in [-0.2, -0.15) is 0 Å². The highest BCUT2D eigenvalue weighted by atomic mass is 32.2. The molecule has 2 heterocycles. The monoisotopic (exact) mass is 497 g/mol. The molecule has 34 heavy (non-hydrogen) atoms. The molecule has 0 aliphatic heterocycles. The molecule has 0 saturated heterocycles. The summed E-state index contributed by atoms with van der Waals surface area (Å²) in [5, 5.41) is 35.4. The molecule has 1 amide bonds. The summed E-state index contributed by atoms with van der Waals surface area (Å²) in [6.45, 7) is 1.64. The average molecular weight is 498 g/mol. The molecule has 0 unspecified atom stereocenters. The van der Waals surface area contributed by atoms with Crippen molar-refractivity contribution in [1.29, 1.82) is 0 Å². The minimum Gasteiger partial charge on any atom is -0.311 e. The molecule has 0 aliphatic rings. The number of amides is 1. The molecule has 4 rings (SSSR count). The topological polar surface area (TPSA) is 159 Å². The molecule has 12 nitrogen and oxygen atoms in total. The van der Waals surface area contributed by atoms with Crippen LogP contribution in [0.15, 0.2) is 58.2 Å². The number of nitro groups is 2. The summed E-state index contributed by atoms with van der Waals surface area (Å²) in [5.41, 5.74) is 1.34. The minimum absolute atomic E-state index is 0.0253. The van der Waals surface area contributed by atoms with Crippen LogP contribution in [0.2, 0.25) is 0 Å². The predicted octanol–water partition coefficient (Wildman–Crippen LogP) is 4.47. The van der Waals surface area contributed by atoms with Crippen molar-refractivity contribution in [2.24, 2.45) is 7.05 Å². The number of aryl methyl sites for hydroxylation is 2. The first-order valence-electron chi connectivity index (χ1n) is 9.55. The average Bonchev–Trinajstić information content (AvgIpc) is 3.43. The predicted molar refractivity (Wildman–Crippen MR) is 125 cm³/mol. The molecule has 172 valence electrons. The third kappa shape index (κ3) is 4.77. The van der Waals surface area contributed by atoms with Crippen molar-refractivity contribution in [2.75, 3.05) is 5.32 Å². The van der Waals surface area contributed by atoms with Gasteiger partial charge in [-0.05, 0) is 30.8 Å². The number of nitro benzene ring substituents is 2. The minimum atomic E-state index is -0.575. The Kier molecular flexibility index (Phi) is 6.34. The van der Waals surface area contributed by atoms with Gasteiger partial charge in [-0.1, -0.05) is 12.1 Å².